The van der Waals surface area contributed by atoms with Crippen LogP contribution in [0.5, 0.6) is 0 Å². The van der Waals surface area contributed by atoms with Gasteiger partial charge in [-0.3, -0.25) is 4.90 Å². The van der Waals surface area contributed by atoms with Crippen LogP contribution in [0.25, 0.3) is 0 Å². The van der Waals surface area contributed by atoms with Gasteiger partial charge in [0.1, 0.15) is 0 Å². The summed E-state index contributed by atoms with van der Waals surface area (Å²) in [5.41, 5.74) is 6.28. The van der Waals surface area contributed by atoms with Gasteiger partial charge < -0.3 is 10.5 Å². The molecule has 0 aromatic heterocycles. The van der Waals surface area contributed by atoms with Gasteiger partial charge in [-0.25, -0.2) is 0 Å². The van der Waals surface area contributed by atoms with E-state index >= 15 is 0 Å². The van der Waals surface area contributed by atoms with Gasteiger partial charge in [0.15, 0.2) is 0 Å². The molecule has 2 N–H and O–H groups in total. The first-order chi connectivity index (χ1) is 7.66. The summed E-state index contributed by atoms with van der Waals surface area (Å²) in [7, 11) is 0. The number of thioether (sulfide) groups is 1. The molecule has 94 valence electrons. The zero-order valence-electron chi connectivity index (χ0n) is 10.4. The predicted octanol–water partition coefficient (Wildman–Crippen LogP) is 1.32. The van der Waals surface area contributed by atoms with Crippen LogP contribution in [0.1, 0.15) is 26.7 Å². The van der Waals surface area contributed by atoms with Crippen molar-refractivity contribution in [1.82, 2.24) is 4.90 Å². The normalized spacial score (nSPS) is 36.2. The van der Waals surface area contributed by atoms with Crippen LogP contribution in [-0.2, 0) is 4.74 Å². The van der Waals surface area contributed by atoms with Gasteiger partial charge >= 0.3 is 0 Å². The molecule has 0 radical (unpaired) electrons. The fourth-order valence-corrected chi connectivity index (χ4v) is 4.29. The Morgan fingerprint density at radius 2 is 1.81 bits per heavy atom. The summed E-state index contributed by atoms with van der Waals surface area (Å²) >= 11 is 2.10. The Morgan fingerprint density at radius 1 is 1.25 bits per heavy atom. The van der Waals surface area contributed by atoms with Gasteiger partial charge in [0.2, 0.25) is 0 Å². The monoisotopic (exact) mass is 244 g/mol. The third-order valence-corrected chi connectivity index (χ3v) is 5.12. The predicted molar refractivity (Wildman–Crippen MR) is 69.9 cm³/mol. The summed E-state index contributed by atoms with van der Waals surface area (Å²) in [5.74, 6) is 0. The third-order valence-electron chi connectivity index (χ3n) is 3.89. The lowest BCUT2D eigenvalue weighted by Gasteiger charge is -2.49. The number of ether oxygens (including phenoxy) is 1. The summed E-state index contributed by atoms with van der Waals surface area (Å²) in [4.78, 5) is 2.64. The molecule has 0 spiro atoms. The second kappa shape index (κ2) is 5.25. The Bertz CT molecular complexity index is 221. The maximum absolute atomic E-state index is 6.06. The maximum atomic E-state index is 6.06. The Balaban J connectivity index is 2.07. The molecular weight excluding hydrogens is 220 g/mol. The maximum Gasteiger partial charge on any atom is 0.0484 e. The van der Waals surface area contributed by atoms with E-state index in [2.05, 4.69) is 30.5 Å². The molecule has 2 atom stereocenters. The molecule has 2 unspecified atom stereocenters. The Labute approximate surface area is 103 Å². The minimum Gasteiger partial charge on any atom is -0.381 e. The highest BCUT2D eigenvalue weighted by molar-refractivity contribution is 8.00. The van der Waals surface area contributed by atoms with Crippen molar-refractivity contribution in [2.24, 2.45) is 5.73 Å². The highest BCUT2D eigenvalue weighted by Gasteiger charge is 2.40. The fraction of sp³-hybridized carbons (Fsp3) is 1.00. The molecule has 3 nitrogen and oxygen atoms in total. The van der Waals surface area contributed by atoms with Gasteiger partial charge in [-0.2, -0.15) is 11.8 Å². The van der Waals surface area contributed by atoms with Gasteiger partial charge in [-0.05, 0) is 12.8 Å². The second-order valence-corrected chi connectivity index (χ2v) is 7.08. The van der Waals surface area contributed by atoms with Gasteiger partial charge in [0.25, 0.3) is 0 Å². The smallest absolute Gasteiger partial charge is 0.0484 e. The van der Waals surface area contributed by atoms with E-state index in [-0.39, 0.29) is 5.54 Å². The molecule has 2 fully saturated rings. The van der Waals surface area contributed by atoms with Gasteiger partial charge in [0.05, 0.1) is 0 Å². The number of rotatable bonds is 2. The molecule has 0 aliphatic carbocycles. The van der Waals surface area contributed by atoms with Crippen molar-refractivity contribution < 1.29 is 4.74 Å². The van der Waals surface area contributed by atoms with E-state index < -0.39 is 0 Å². The average Bonchev–Trinajstić information content (AvgIpc) is 2.28. The Hall–Kier alpha value is 0.230. The van der Waals surface area contributed by atoms with Crippen LogP contribution in [-0.4, -0.2) is 53.8 Å². The summed E-state index contributed by atoms with van der Waals surface area (Å²) in [6.07, 6.45) is 2.21. The van der Waals surface area contributed by atoms with Crippen LogP contribution in [0.4, 0.5) is 0 Å². The zero-order chi connectivity index (χ0) is 11.6. The molecule has 0 bridgehead atoms. The van der Waals surface area contributed by atoms with Crippen LogP contribution >= 0.6 is 11.8 Å². The summed E-state index contributed by atoms with van der Waals surface area (Å²) in [6, 6.07) is 0. The van der Waals surface area contributed by atoms with Gasteiger partial charge in [-0.1, -0.05) is 13.8 Å². The number of nitrogens with zero attached hydrogens (tertiary/aromatic N) is 1. The van der Waals surface area contributed by atoms with Crippen LogP contribution in [0.15, 0.2) is 0 Å². The van der Waals surface area contributed by atoms with Crippen molar-refractivity contribution in [3.8, 4) is 0 Å². The standard InChI is InChI=1S/C12H24N2OS/c1-10-7-14(8-11(2)16-10)12(9-13)3-5-15-6-4-12/h10-11H,3-9,13H2,1-2H3. The fourth-order valence-electron chi connectivity index (χ4n) is 2.97. The minimum atomic E-state index is 0.224. The molecule has 0 amide bonds. The molecule has 2 aliphatic heterocycles. The van der Waals surface area contributed by atoms with Crippen molar-refractivity contribution >= 4 is 11.8 Å². The highest BCUT2D eigenvalue weighted by atomic mass is 32.2. The van der Waals surface area contributed by atoms with Crippen LogP contribution in [0.2, 0.25) is 0 Å². The molecule has 0 aromatic carbocycles. The van der Waals surface area contributed by atoms with E-state index in [1.165, 1.54) is 13.1 Å². The number of hydrogen-bond donors (Lipinski definition) is 1. The molecule has 2 aliphatic rings. The van der Waals surface area contributed by atoms with Crippen molar-refractivity contribution in [2.75, 3.05) is 32.8 Å². The van der Waals surface area contributed by atoms with Gasteiger partial charge in [0, 0.05) is 48.9 Å². The Morgan fingerprint density at radius 3 is 2.31 bits per heavy atom. The quantitative estimate of drug-likeness (QED) is 0.795. The molecule has 0 aromatic rings. The number of nitrogens with two attached hydrogens (primary N) is 1. The molecule has 4 heteroatoms. The molecule has 2 saturated heterocycles. The van der Waals surface area contributed by atoms with E-state index in [1.54, 1.807) is 0 Å². The van der Waals surface area contributed by atoms with Crippen molar-refractivity contribution in [1.29, 1.82) is 0 Å². The molecule has 16 heavy (non-hydrogen) atoms. The van der Waals surface area contributed by atoms with Crippen molar-refractivity contribution in [2.45, 2.75) is 42.7 Å². The van der Waals surface area contributed by atoms with Crippen LogP contribution < -0.4 is 5.73 Å². The van der Waals surface area contributed by atoms with E-state index in [9.17, 15) is 0 Å². The van der Waals surface area contributed by atoms with Gasteiger partial charge in [-0.15, -0.1) is 0 Å². The first-order valence-electron chi connectivity index (χ1n) is 6.34. The van der Waals surface area contributed by atoms with Crippen molar-refractivity contribution in [3.05, 3.63) is 0 Å². The summed E-state index contributed by atoms with van der Waals surface area (Å²) in [5, 5.41) is 1.46. The van der Waals surface area contributed by atoms with Crippen LogP contribution in [0, 0.1) is 0 Å². The molecule has 2 heterocycles. The Kier molecular flexibility index (Phi) is 4.16. The van der Waals surface area contributed by atoms with Crippen molar-refractivity contribution in [3.63, 3.8) is 0 Å². The molecular formula is C12H24N2OS. The zero-order valence-corrected chi connectivity index (χ0v) is 11.3. The number of hydrogen-bond acceptors (Lipinski definition) is 4. The van der Waals surface area contributed by atoms with E-state index in [0.717, 1.165) is 43.1 Å². The lowest BCUT2D eigenvalue weighted by Crippen LogP contribution is -2.61. The third kappa shape index (κ3) is 2.55. The first kappa shape index (κ1) is 12.7. The SMILES string of the molecule is CC1CN(C2(CN)CCOCC2)CC(C)S1. The first-order valence-corrected chi connectivity index (χ1v) is 7.29. The largest absolute Gasteiger partial charge is 0.381 e. The lowest BCUT2D eigenvalue weighted by atomic mass is 9.87. The van der Waals surface area contributed by atoms with E-state index in [4.69, 9.17) is 10.5 Å². The highest BCUT2D eigenvalue weighted by Crippen LogP contribution is 2.34. The molecule has 2 rings (SSSR count). The molecule has 0 saturated carbocycles. The van der Waals surface area contributed by atoms with Crippen LogP contribution in [0.3, 0.4) is 0 Å². The average molecular weight is 244 g/mol. The van der Waals surface area contributed by atoms with E-state index in [1.807, 2.05) is 0 Å². The second-order valence-electron chi connectivity index (χ2n) is 5.20. The topological polar surface area (TPSA) is 38.5 Å². The lowest BCUT2D eigenvalue weighted by molar-refractivity contribution is -0.0248. The summed E-state index contributed by atoms with van der Waals surface area (Å²) < 4.78 is 5.48. The summed E-state index contributed by atoms with van der Waals surface area (Å²) in [6.45, 7) is 9.57. The van der Waals surface area contributed by atoms with E-state index in [0.29, 0.717) is 0 Å². The minimum absolute atomic E-state index is 0.224.